The number of nitro benzene ring substituents is 1. The molecule has 0 aliphatic rings. The van der Waals surface area contributed by atoms with Gasteiger partial charge in [0.1, 0.15) is 0 Å². The first-order valence-electron chi connectivity index (χ1n) is 6.12. The van der Waals surface area contributed by atoms with E-state index in [1.54, 1.807) is 12.3 Å². The van der Waals surface area contributed by atoms with E-state index in [1.807, 2.05) is 12.1 Å². The Kier molecular flexibility index (Phi) is 4.45. The molecule has 2 rings (SSSR count). The van der Waals surface area contributed by atoms with E-state index < -0.39 is 10.9 Å². The number of hydrogen-bond donors (Lipinski definition) is 1. The maximum Gasteiger partial charge on any atom is 0.335 e. The van der Waals surface area contributed by atoms with Gasteiger partial charge in [-0.15, -0.1) is 0 Å². The molecule has 21 heavy (non-hydrogen) atoms. The number of nitro groups is 1. The number of pyridine rings is 1. The van der Waals surface area contributed by atoms with Crippen LogP contribution in [0.15, 0.2) is 42.6 Å². The molecule has 1 N–H and O–H groups in total. The first-order valence-corrected chi connectivity index (χ1v) is 6.12. The van der Waals surface area contributed by atoms with E-state index >= 15 is 0 Å². The SMILES string of the molecule is O=C(O)c1ccc([N+](=O)[O-])c(OCCc2ccccn2)c1. The van der Waals surface area contributed by atoms with E-state index in [-0.39, 0.29) is 23.6 Å². The van der Waals surface area contributed by atoms with Crippen LogP contribution >= 0.6 is 0 Å². The number of aromatic carboxylic acids is 1. The van der Waals surface area contributed by atoms with Gasteiger partial charge in [-0.2, -0.15) is 0 Å². The molecular weight excluding hydrogens is 276 g/mol. The Hall–Kier alpha value is -2.96. The van der Waals surface area contributed by atoms with Crippen LogP contribution in [0.1, 0.15) is 16.1 Å². The van der Waals surface area contributed by atoms with Gasteiger partial charge in [0, 0.05) is 30.4 Å². The highest BCUT2D eigenvalue weighted by Gasteiger charge is 2.17. The molecule has 1 heterocycles. The summed E-state index contributed by atoms with van der Waals surface area (Å²) >= 11 is 0. The normalized spacial score (nSPS) is 10.1. The van der Waals surface area contributed by atoms with Crippen molar-refractivity contribution in [1.29, 1.82) is 0 Å². The summed E-state index contributed by atoms with van der Waals surface area (Å²) in [4.78, 5) is 25.3. The van der Waals surface area contributed by atoms with Crippen LogP contribution in [0.3, 0.4) is 0 Å². The molecule has 7 nitrogen and oxygen atoms in total. The number of carboxylic acid groups (broad SMARTS) is 1. The number of benzene rings is 1. The number of hydrogen-bond acceptors (Lipinski definition) is 5. The maximum atomic E-state index is 10.9. The molecule has 2 aromatic rings. The molecule has 0 radical (unpaired) electrons. The van der Waals surface area contributed by atoms with Crippen molar-refractivity contribution in [3.05, 3.63) is 64.0 Å². The van der Waals surface area contributed by atoms with Crippen molar-refractivity contribution >= 4 is 11.7 Å². The fourth-order valence-electron chi connectivity index (χ4n) is 1.73. The second-order valence-electron chi connectivity index (χ2n) is 4.16. The van der Waals surface area contributed by atoms with Gasteiger partial charge in [-0.25, -0.2) is 4.79 Å². The van der Waals surface area contributed by atoms with E-state index in [9.17, 15) is 14.9 Å². The van der Waals surface area contributed by atoms with Crippen LogP contribution in [0.25, 0.3) is 0 Å². The smallest absolute Gasteiger partial charge is 0.335 e. The summed E-state index contributed by atoms with van der Waals surface area (Å²) in [6, 6.07) is 8.87. The van der Waals surface area contributed by atoms with E-state index in [0.717, 1.165) is 17.8 Å². The lowest BCUT2D eigenvalue weighted by atomic mass is 10.2. The molecule has 0 saturated carbocycles. The van der Waals surface area contributed by atoms with Crippen molar-refractivity contribution in [2.24, 2.45) is 0 Å². The van der Waals surface area contributed by atoms with E-state index in [2.05, 4.69) is 4.98 Å². The van der Waals surface area contributed by atoms with Crippen molar-refractivity contribution in [3.63, 3.8) is 0 Å². The van der Waals surface area contributed by atoms with Crippen LogP contribution in [-0.4, -0.2) is 27.6 Å². The molecule has 0 bridgehead atoms. The van der Waals surface area contributed by atoms with Gasteiger partial charge >= 0.3 is 11.7 Å². The van der Waals surface area contributed by atoms with E-state index in [0.29, 0.717) is 6.42 Å². The Morgan fingerprint density at radius 1 is 1.33 bits per heavy atom. The molecule has 0 aliphatic carbocycles. The number of nitrogens with zero attached hydrogens (tertiary/aromatic N) is 2. The molecule has 0 unspecified atom stereocenters. The lowest BCUT2D eigenvalue weighted by molar-refractivity contribution is -0.385. The summed E-state index contributed by atoms with van der Waals surface area (Å²) in [6.45, 7) is 0.168. The lowest BCUT2D eigenvalue weighted by Crippen LogP contribution is -2.06. The molecular formula is C14H12N2O5. The molecule has 0 saturated heterocycles. The Balaban J connectivity index is 2.12. The summed E-state index contributed by atoms with van der Waals surface area (Å²) < 4.78 is 5.35. The largest absolute Gasteiger partial charge is 0.486 e. The first-order chi connectivity index (χ1) is 10.1. The second kappa shape index (κ2) is 6.47. The van der Waals surface area contributed by atoms with Crippen molar-refractivity contribution < 1.29 is 19.6 Å². The average molecular weight is 288 g/mol. The monoisotopic (exact) mass is 288 g/mol. The standard InChI is InChI=1S/C14H12N2O5/c17-14(18)10-4-5-12(16(19)20)13(9-10)21-8-6-11-3-1-2-7-15-11/h1-5,7,9H,6,8H2,(H,17,18). The third-order valence-corrected chi connectivity index (χ3v) is 2.75. The lowest BCUT2D eigenvalue weighted by Gasteiger charge is -2.07. The number of carbonyl (C=O) groups is 1. The predicted molar refractivity (Wildman–Crippen MR) is 73.5 cm³/mol. The van der Waals surface area contributed by atoms with Crippen LogP contribution in [0.5, 0.6) is 5.75 Å². The minimum Gasteiger partial charge on any atom is -0.486 e. The molecule has 1 aromatic heterocycles. The Labute approximate surface area is 120 Å². The fraction of sp³-hybridized carbons (Fsp3) is 0.143. The van der Waals surface area contributed by atoms with Crippen LogP contribution < -0.4 is 4.74 Å². The van der Waals surface area contributed by atoms with Crippen molar-refractivity contribution in [2.45, 2.75) is 6.42 Å². The van der Waals surface area contributed by atoms with Gasteiger partial charge in [0.15, 0.2) is 5.75 Å². The zero-order valence-electron chi connectivity index (χ0n) is 10.9. The van der Waals surface area contributed by atoms with Gasteiger partial charge in [0.25, 0.3) is 0 Å². The minimum atomic E-state index is -1.17. The van der Waals surface area contributed by atoms with Gasteiger partial charge in [0.2, 0.25) is 0 Å². The molecule has 0 amide bonds. The predicted octanol–water partition coefficient (Wildman–Crippen LogP) is 2.31. The molecule has 108 valence electrons. The van der Waals surface area contributed by atoms with Crippen molar-refractivity contribution in [3.8, 4) is 5.75 Å². The molecule has 1 aromatic carbocycles. The number of carboxylic acids is 1. The molecule has 0 fully saturated rings. The summed E-state index contributed by atoms with van der Waals surface area (Å²) in [5.41, 5.74) is 0.462. The van der Waals surface area contributed by atoms with Gasteiger partial charge in [-0.05, 0) is 18.2 Å². The first kappa shape index (κ1) is 14.4. The fourth-order valence-corrected chi connectivity index (χ4v) is 1.73. The highest BCUT2D eigenvalue weighted by atomic mass is 16.6. The third kappa shape index (κ3) is 3.75. The van der Waals surface area contributed by atoms with Gasteiger partial charge in [0.05, 0.1) is 17.1 Å². The Morgan fingerprint density at radius 3 is 2.76 bits per heavy atom. The van der Waals surface area contributed by atoms with Gasteiger partial charge in [-0.1, -0.05) is 6.07 Å². The van der Waals surface area contributed by atoms with Crippen LogP contribution in [0, 0.1) is 10.1 Å². The zero-order valence-corrected chi connectivity index (χ0v) is 10.9. The van der Waals surface area contributed by atoms with Crippen LogP contribution in [0.4, 0.5) is 5.69 Å². The van der Waals surface area contributed by atoms with Crippen LogP contribution in [0.2, 0.25) is 0 Å². The number of ether oxygens (including phenoxy) is 1. The Bertz CT molecular complexity index is 658. The maximum absolute atomic E-state index is 10.9. The zero-order chi connectivity index (χ0) is 15.2. The van der Waals surface area contributed by atoms with E-state index in [4.69, 9.17) is 9.84 Å². The molecule has 0 aliphatic heterocycles. The Morgan fingerprint density at radius 2 is 2.14 bits per heavy atom. The highest BCUT2D eigenvalue weighted by molar-refractivity contribution is 5.88. The van der Waals surface area contributed by atoms with E-state index in [1.165, 1.54) is 6.07 Å². The minimum absolute atomic E-state index is 0.0594. The quantitative estimate of drug-likeness (QED) is 0.646. The van der Waals surface area contributed by atoms with Crippen LogP contribution in [-0.2, 0) is 6.42 Å². The molecule has 0 spiro atoms. The summed E-state index contributed by atoms with van der Waals surface area (Å²) in [5, 5.41) is 19.8. The number of aromatic nitrogens is 1. The summed E-state index contributed by atoms with van der Waals surface area (Å²) in [7, 11) is 0. The average Bonchev–Trinajstić information content (AvgIpc) is 2.48. The van der Waals surface area contributed by atoms with Crippen molar-refractivity contribution in [1.82, 2.24) is 4.98 Å². The summed E-state index contributed by atoms with van der Waals surface area (Å²) in [6.07, 6.45) is 2.11. The topological polar surface area (TPSA) is 103 Å². The molecule has 0 atom stereocenters. The second-order valence-corrected chi connectivity index (χ2v) is 4.16. The third-order valence-electron chi connectivity index (χ3n) is 2.75. The van der Waals surface area contributed by atoms with Gasteiger partial charge in [-0.3, -0.25) is 15.1 Å². The van der Waals surface area contributed by atoms with Gasteiger partial charge < -0.3 is 9.84 Å². The number of rotatable bonds is 6. The summed E-state index contributed by atoms with van der Waals surface area (Å²) in [5.74, 6) is -1.23. The highest BCUT2D eigenvalue weighted by Crippen LogP contribution is 2.28. The molecule has 7 heteroatoms. The van der Waals surface area contributed by atoms with Crippen molar-refractivity contribution in [2.75, 3.05) is 6.61 Å².